The Bertz CT molecular complexity index is 644. The maximum absolute atomic E-state index is 12.9. The summed E-state index contributed by atoms with van der Waals surface area (Å²) in [7, 11) is 11.8. The van der Waals surface area contributed by atoms with Crippen molar-refractivity contribution in [3.05, 3.63) is 10.4 Å². The first-order chi connectivity index (χ1) is 13.6. The second kappa shape index (κ2) is 10.4. The smallest absolute Gasteiger partial charge is 0.416 e. The van der Waals surface area contributed by atoms with Gasteiger partial charge in [0.25, 0.3) is 0 Å². The molecule has 4 radical (unpaired) electrons. The van der Waals surface area contributed by atoms with Gasteiger partial charge in [0.05, 0.1) is 18.8 Å². The summed E-state index contributed by atoms with van der Waals surface area (Å²) in [5.74, 6) is -0.247. The van der Waals surface area contributed by atoms with Crippen LogP contribution in [0.2, 0.25) is 0 Å². The van der Waals surface area contributed by atoms with E-state index in [9.17, 15) is 9.59 Å². The molecule has 0 aromatic heterocycles. The molecule has 2 heterocycles. The average Bonchev–Trinajstić information content (AvgIpc) is 3.19. The number of imide groups is 1. The van der Waals surface area contributed by atoms with Crippen molar-refractivity contribution in [2.24, 2.45) is 22.9 Å². The molecule has 156 valence electrons. The summed E-state index contributed by atoms with van der Waals surface area (Å²) < 4.78 is 17.0. The number of nitrogens with zero attached hydrogens (tertiary/aromatic N) is 4. The van der Waals surface area contributed by atoms with E-state index < -0.39 is 42.8 Å². The normalized spacial score (nSPS) is 31.7. The molecule has 6 unspecified atom stereocenters. The number of hydrogen-bond donors (Lipinski definition) is 0. The molecule has 0 N–H and O–H groups in total. The van der Waals surface area contributed by atoms with Crippen molar-refractivity contribution in [3.8, 4) is 0 Å². The Morgan fingerprint density at radius 3 is 2.41 bits per heavy atom. The molecule has 0 saturated carbocycles. The van der Waals surface area contributed by atoms with Crippen molar-refractivity contribution >= 4 is 27.7 Å². The number of ether oxygens (including phenoxy) is 3. The van der Waals surface area contributed by atoms with Gasteiger partial charge in [-0.3, -0.25) is 4.79 Å². The Labute approximate surface area is 174 Å². The van der Waals surface area contributed by atoms with Crippen LogP contribution in [0.1, 0.15) is 40.5 Å². The van der Waals surface area contributed by atoms with Crippen LogP contribution in [0, 0.1) is 17.8 Å². The minimum atomic E-state index is -0.830. The highest BCUT2D eigenvalue weighted by atomic mass is 16.6. The molecular weight excluding hydrogens is 374 g/mol. The molecule has 0 aliphatic carbocycles. The summed E-state index contributed by atoms with van der Waals surface area (Å²) in [6.45, 7) is 7.43. The molecule has 0 aromatic carbocycles. The summed E-state index contributed by atoms with van der Waals surface area (Å²) in [5, 5.41) is 3.28. The topological polar surface area (TPSA) is 114 Å². The Balaban J connectivity index is 2.15. The fourth-order valence-electron chi connectivity index (χ4n) is 3.92. The van der Waals surface area contributed by atoms with Crippen molar-refractivity contribution in [2.45, 2.75) is 70.9 Å². The monoisotopic (exact) mass is 402 g/mol. The number of rotatable bonds is 7. The second-order valence-electron chi connectivity index (χ2n) is 8.29. The van der Waals surface area contributed by atoms with Crippen molar-refractivity contribution in [1.82, 2.24) is 4.90 Å². The molecule has 6 atom stereocenters. The van der Waals surface area contributed by atoms with Crippen molar-refractivity contribution in [3.63, 3.8) is 0 Å². The lowest BCUT2D eigenvalue weighted by Gasteiger charge is -2.29. The molecule has 2 fully saturated rings. The van der Waals surface area contributed by atoms with Gasteiger partial charge in [-0.15, -0.1) is 0 Å². The lowest BCUT2D eigenvalue weighted by atomic mass is 9.84. The van der Waals surface area contributed by atoms with Crippen LogP contribution in [0.25, 0.3) is 10.4 Å². The quantitative estimate of drug-likeness (QED) is 0.280. The van der Waals surface area contributed by atoms with Crippen molar-refractivity contribution < 1.29 is 23.8 Å². The zero-order valence-corrected chi connectivity index (χ0v) is 17.4. The molecule has 0 spiro atoms. The van der Waals surface area contributed by atoms with Gasteiger partial charge >= 0.3 is 6.09 Å². The average molecular weight is 402 g/mol. The minimum Gasteiger partial charge on any atom is -0.443 e. The van der Waals surface area contributed by atoms with Crippen molar-refractivity contribution in [2.75, 3.05) is 13.1 Å². The molecule has 0 aromatic rings. The number of carbonyl (C=O) groups is 2. The fraction of sp³-hybridized carbons (Fsp3) is 0.889. The highest BCUT2D eigenvalue weighted by Crippen LogP contribution is 2.32. The SMILES string of the molecule is [B]C1CC(C(C)C)C(CN(C(=O)CN=[N+]=[N-])C(=O)OC2CC([B])OC2C(C)C)O1. The third kappa shape index (κ3) is 6.14. The third-order valence-corrected chi connectivity index (χ3v) is 5.41. The van der Waals surface area contributed by atoms with Gasteiger partial charge in [-0.25, -0.2) is 9.69 Å². The van der Waals surface area contributed by atoms with Crippen LogP contribution in [0.3, 0.4) is 0 Å². The van der Waals surface area contributed by atoms with E-state index in [0.29, 0.717) is 12.8 Å². The molecule has 2 aliphatic rings. The minimum absolute atomic E-state index is 0.0266. The first-order valence-electron chi connectivity index (χ1n) is 9.97. The van der Waals surface area contributed by atoms with Crippen LogP contribution >= 0.6 is 0 Å². The van der Waals surface area contributed by atoms with E-state index in [1.165, 1.54) is 0 Å². The molecule has 2 rings (SSSR count). The van der Waals surface area contributed by atoms with E-state index in [1.807, 2.05) is 27.7 Å². The Kier molecular flexibility index (Phi) is 8.43. The van der Waals surface area contributed by atoms with Gasteiger partial charge in [0.1, 0.15) is 28.3 Å². The maximum Gasteiger partial charge on any atom is 0.416 e. The number of azide groups is 1. The highest BCUT2D eigenvalue weighted by molar-refractivity contribution is 6.11. The predicted molar refractivity (Wildman–Crippen MR) is 107 cm³/mol. The Hall–Kier alpha value is -1.70. The lowest BCUT2D eigenvalue weighted by molar-refractivity contribution is -0.130. The van der Waals surface area contributed by atoms with Crippen LogP contribution in [0.15, 0.2) is 5.11 Å². The van der Waals surface area contributed by atoms with Gasteiger partial charge in [-0.1, -0.05) is 32.8 Å². The fourth-order valence-corrected chi connectivity index (χ4v) is 3.92. The van der Waals surface area contributed by atoms with E-state index in [-0.39, 0.29) is 30.4 Å². The number of amides is 2. The van der Waals surface area contributed by atoms with Crippen LogP contribution in [-0.4, -0.2) is 76.0 Å². The van der Waals surface area contributed by atoms with E-state index in [2.05, 4.69) is 10.0 Å². The van der Waals surface area contributed by atoms with Gasteiger partial charge < -0.3 is 14.2 Å². The van der Waals surface area contributed by atoms with Gasteiger partial charge in [0, 0.05) is 23.3 Å². The summed E-state index contributed by atoms with van der Waals surface area (Å²) in [6, 6.07) is -0.988. The molecular formula is C18H28B2N4O5. The Morgan fingerprint density at radius 2 is 1.83 bits per heavy atom. The largest absolute Gasteiger partial charge is 0.443 e. The highest BCUT2D eigenvalue weighted by Gasteiger charge is 2.41. The third-order valence-electron chi connectivity index (χ3n) is 5.41. The molecule has 2 amide bonds. The molecule has 0 bridgehead atoms. The van der Waals surface area contributed by atoms with Crippen LogP contribution in [0.4, 0.5) is 4.79 Å². The number of hydrogen-bond acceptors (Lipinski definition) is 6. The van der Waals surface area contributed by atoms with Gasteiger partial charge in [-0.05, 0) is 29.7 Å². The van der Waals surface area contributed by atoms with Crippen LogP contribution in [-0.2, 0) is 19.0 Å². The molecule has 2 aliphatic heterocycles. The van der Waals surface area contributed by atoms with Crippen LogP contribution < -0.4 is 0 Å². The summed E-state index contributed by atoms with van der Waals surface area (Å²) in [5.41, 5.74) is 8.52. The first-order valence-corrected chi connectivity index (χ1v) is 9.97. The first kappa shape index (κ1) is 23.6. The molecule has 11 heteroatoms. The standard InChI is InChI=1S/C18H28B2N4O5/c1-9(2)11-5-14(19)27-13(11)8-24(16(25)7-22-23-21)18(26)28-12-6-15(20)29-17(12)10(3)4/h9-15,17H,5-8H2,1-4H3. The number of carbonyl (C=O) groups excluding carboxylic acids is 2. The van der Waals surface area contributed by atoms with Crippen molar-refractivity contribution in [1.29, 1.82) is 0 Å². The van der Waals surface area contributed by atoms with E-state index in [1.54, 1.807) is 0 Å². The Morgan fingerprint density at radius 1 is 1.17 bits per heavy atom. The van der Waals surface area contributed by atoms with Gasteiger partial charge in [0.15, 0.2) is 0 Å². The van der Waals surface area contributed by atoms with Crippen LogP contribution in [0.5, 0.6) is 0 Å². The molecule has 29 heavy (non-hydrogen) atoms. The molecule has 9 nitrogen and oxygen atoms in total. The second-order valence-corrected chi connectivity index (χ2v) is 8.29. The van der Waals surface area contributed by atoms with E-state index >= 15 is 0 Å². The summed E-state index contributed by atoms with van der Waals surface area (Å²) in [4.78, 5) is 29.0. The summed E-state index contributed by atoms with van der Waals surface area (Å²) >= 11 is 0. The molecule has 2 saturated heterocycles. The summed E-state index contributed by atoms with van der Waals surface area (Å²) in [6.07, 6.45) is -1.20. The van der Waals surface area contributed by atoms with E-state index in [0.717, 1.165) is 4.90 Å². The van der Waals surface area contributed by atoms with E-state index in [4.69, 9.17) is 35.4 Å². The lowest BCUT2D eigenvalue weighted by Crippen LogP contribution is -2.47. The zero-order chi connectivity index (χ0) is 21.7. The maximum atomic E-state index is 12.9. The van der Waals surface area contributed by atoms with Gasteiger partial charge in [-0.2, -0.15) is 0 Å². The van der Waals surface area contributed by atoms with Gasteiger partial charge in [0.2, 0.25) is 5.91 Å². The predicted octanol–water partition coefficient (Wildman–Crippen LogP) is 2.13. The zero-order valence-electron chi connectivity index (χ0n) is 17.4.